The first-order chi connectivity index (χ1) is 12.9. The zero-order valence-electron chi connectivity index (χ0n) is 14.8. The van der Waals surface area contributed by atoms with E-state index in [9.17, 15) is 18.0 Å². The molecule has 1 aliphatic heterocycles. The van der Waals surface area contributed by atoms with Gasteiger partial charge < -0.3 is 15.0 Å². The van der Waals surface area contributed by atoms with Crippen molar-refractivity contribution in [2.75, 3.05) is 31.6 Å². The average Bonchev–Trinajstić information content (AvgIpc) is 3.20. The first kappa shape index (κ1) is 19.0. The lowest BCUT2D eigenvalue weighted by Gasteiger charge is -2.18. The Labute approximate surface area is 155 Å². The molecule has 0 bridgehead atoms. The predicted octanol–water partition coefficient (Wildman–Crippen LogP) is 3.65. The van der Waals surface area contributed by atoms with E-state index in [1.165, 1.54) is 12.1 Å². The topological polar surface area (TPSA) is 54.5 Å². The smallest absolute Gasteiger partial charge is 0.422 e. The van der Waals surface area contributed by atoms with Crippen LogP contribution in [-0.4, -0.2) is 43.8 Å². The van der Waals surface area contributed by atoms with E-state index in [1.54, 1.807) is 31.3 Å². The van der Waals surface area contributed by atoms with Gasteiger partial charge in [-0.3, -0.25) is 4.79 Å². The van der Waals surface area contributed by atoms with E-state index in [-0.39, 0.29) is 11.7 Å². The molecular weight excluding hydrogens is 359 g/mol. The van der Waals surface area contributed by atoms with Crippen molar-refractivity contribution in [1.29, 1.82) is 0 Å². The molecule has 1 amide bonds. The molecule has 5 nitrogen and oxygen atoms in total. The van der Waals surface area contributed by atoms with Gasteiger partial charge in [0.25, 0.3) is 5.91 Å². The van der Waals surface area contributed by atoms with E-state index < -0.39 is 12.8 Å². The molecule has 2 aromatic rings. The molecule has 144 valence electrons. The summed E-state index contributed by atoms with van der Waals surface area (Å²) in [6.45, 7) is 0.428. The Morgan fingerprint density at radius 3 is 2.44 bits per heavy atom. The molecule has 1 aromatic carbocycles. The van der Waals surface area contributed by atoms with Crippen LogP contribution in [0.4, 0.5) is 19.0 Å². The van der Waals surface area contributed by atoms with Crippen LogP contribution in [0.5, 0.6) is 5.75 Å². The second kappa shape index (κ2) is 7.85. The SMILES string of the molecule is CNC(=O)c1cc(-c2ccc(OCC(F)(F)F)cc2)nc(N2CCCC2)c1. The molecule has 0 unspecified atom stereocenters. The van der Waals surface area contributed by atoms with Crippen LogP contribution in [-0.2, 0) is 0 Å². The fourth-order valence-electron chi connectivity index (χ4n) is 2.93. The molecular formula is C19H20F3N3O2. The van der Waals surface area contributed by atoms with Crippen molar-refractivity contribution in [1.82, 2.24) is 10.3 Å². The number of carbonyl (C=O) groups excluding carboxylic acids is 1. The number of anilines is 1. The Balaban J connectivity index is 1.88. The molecule has 2 heterocycles. The number of pyridine rings is 1. The number of hydrogen-bond acceptors (Lipinski definition) is 4. The second-order valence-corrected chi connectivity index (χ2v) is 6.30. The van der Waals surface area contributed by atoms with Crippen LogP contribution in [0, 0.1) is 0 Å². The Bertz CT molecular complexity index is 801. The van der Waals surface area contributed by atoms with E-state index in [2.05, 4.69) is 15.2 Å². The molecule has 0 spiro atoms. The van der Waals surface area contributed by atoms with Crippen molar-refractivity contribution in [2.45, 2.75) is 19.0 Å². The van der Waals surface area contributed by atoms with Crippen molar-refractivity contribution < 1.29 is 22.7 Å². The van der Waals surface area contributed by atoms with Gasteiger partial charge in [-0.15, -0.1) is 0 Å². The third-order valence-electron chi connectivity index (χ3n) is 4.28. The van der Waals surface area contributed by atoms with E-state index in [1.807, 2.05) is 0 Å². The summed E-state index contributed by atoms with van der Waals surface area (Å²) in [5.41, 5.74) is 1.77. The highest BCUT2D eigenvalue weighted by molar-refractivity contribution is 5.95. The van der Waals surface area contributed by atoms with Gasteiger partial charge in [-0.1, -0.05) is 0 Å². The van der Waals surface area contributed by atoms with Crippen molar-refractivity contribution in [3.05, 3.63) is 42.0 Å². The lowest BCUT2D eigenvalue weighted by Crippen LogP contribution is -2.22. The monoisotopic (exact) mass is 379 g/mol. The summed E-state index contributed by atoms with van der Waals surface area (Å²) in [5, 5.41) is 2.61. The van der Waals surface area contributed by atoms with Gasteiger partial charge in [0.1, 0.15) is 11.6 Å². The standard InChI is InChI=1S/C19H20F3N3O2/c1-23-18(26)14-10-16(24-17(11-14)25-8-2-3-9-25)13-4-6-15(7-5-13)27-12-19(20,21)22/h4-7,10-11H,2-3,8-9,12H2,1H3,(H,23,26). The van der Waals surface area contributed by atoms with E-state index in [0.717, 1.165) is 31.7 Å². The third kappa shape index (κ3) is 4.90. The van der Waals surface area contributed by atoms with Gasteiger partial charge in [-0.2, -0.15) is 13.2 Å². The fourth-order valence-corrected chi connectivity index (χ4v) is 2.93. The molecule has 1 N–H and O–H groups in total. The quantitative estimate of drug-likeness (QED) is 0.862. The zero-order valence-corrected chi connectivity index (χ0v) is 14.8. The third-order valence-corrected chi connectivity index (χ3v) is 4.28. The molecule has 27 heavy (non-hydrogen) atoms. The van der Waals surface area contributed by atoms with Crippen LogP contribution < -0.4 is 15.0 Å². The number of halogens is 3. The maximum Gasteiger partial charge on any atom is 0.422 e. The van der Waals surface area contributed by atoms with Gasteiger partial charge in [-0.05, 0) is 49.2 Å². The number of carbonyl (C=O) groups is 1. The number of ether oxygens (including phenoxy) is 1. The Kier molecular flexibility index (Phi) is 5.53. The number of hydrogen-bond donors (Lipinski definition) is 1. The van der Waals surface area contributed by atoms with Crippen LogP contribution in [0.2, 0.25) is 0 Å². The number of aromatic nitrogens is 1. The molecule has 8 heteroatoms. The molecule has 0 aliphatic carbocycles. The number of amides is 1. The van der Waals surface area contributed by atoms with Crippen molar-refractivity contribution in [3.8, 4) is 17.0 Å². The van der Waals surface area contributed by atoms with E-state index in [4.69, 9.17) is 4.74 Å². The van der Waals surface area contributed by atoms with E-state index in [0.29, 0.717) is 16.8 Å². The second-order valence-electron chi connectivity index (χ2n) is 6.30. The van der Waals surface area contributed by atoms with Gasteiger partial charge >= 0.3 is 6.18 Å². The van der Waals surface area contributed by atoms with Gasteiger partial charge in [0.05, 0.1) is 5.69 Å². The number of nitrogens with one attached hydrogen (secondary N) is 1. The molecule has 1 aliphatic rings. The molecule has 3 rings (SSSR count). The summed E-state index contributed by atoms with van der Waals surface area (Å²) in [6, 6.07) is 9.62. The summed E-state index contributed by atoms with van der Waals surface area (Å²) < 4.78 is 41.5. The summed E-state index contributed by atoms with van der Waals surface area (Å²) in [4.78, 5) is 18.9. The van der Waals surface area contributed by atoms with Gasteiger partial charge in [-0.25, -0.2) is 4.98 Å². The lowest BCUT2D eigenvalue weighted by atomic mass is 10.1. The van der Waals surface area contributed by atoms with Gasteiger partial charge in [0.2, 0.25) is 0 Å². The summed E-state index contributed by atoms with van der Waals surface area (Å²) in [7, 11) is 1.56. The number of rotatable bonds is 5. The van der Waals surface area contributed by atoms with Crippen LogP contribution in [0.3, 0.4) is 0 Å². The highest BCUT2D eigenvalue weighted by atomic mass is 19.4. The summed E-state index contributed by atoms with van der Waals surface area (Å²) in [5.74, 6) is 0.628. The Hall–Kier alpha value is -2.77. The van der Waals surface area contributed by atoms with Gasteiger partial charge in [0, 0.05) is 31.3 Å². The highest BCUT2D eigenvalue weighted by Crippen LogP contribution is 2.27. The van der Waals surface area contributed by atoms with Crippen molar-refractivity contribution >= 4 is 11.7 Å². The molecule has 0 radical (unpaired) electrons. The largest absolute Gasteiger partial charge is 0.484 e. The number of nitrogens with zero attached hydrogens (tertiary/aromatic N) is 2. The molecule has 1 fully saturated rings. The summed E-state index contributed by atoms with van der Waals surface area (Å²) in [6.07, 6.45) is -2.23. The minimum Gasteiger partial charge on any atom is -0.484 e. The van der Waals surface area contributed by atoms with Crippen LogP contribution in [0.1, 0.15) is 23.2 Å². The first-order valence-corrected chi connectivity index (χ1v) is 8.65. The van der Waals surface area contributed by atoms with Crippen LogP contribution in [0.25, 0.3) is 11.3 Å². The van der Waals surface area contributed by atoms with Crippen LogP contribution in [0.15, 0.2) is 36.4 Å². The number of benzene rings is 1. The molecule has 1 saturated heterocycles. The number of alkyl halides is 3. The highest BCUT2D eigenvalue weighted by Gasteiger charge is 2.28. The zero-order chi connectivity index (χ0) is 19.4. The van der Waals surface area contributed by atoms with Gasteiger partial charge in [0.15, 0.2) is 6.61 Å². The minimum atomic E-state index is -4.38. The van der Waals surface area contributed by atoms with Crippen molar-refractivity contribution in [3.63, 3.8) is 0 Å². The molecule has 1 aromatic heterocycles. The van der Waals surface area contributed by atoms with Crippen LogP contribution >= 0.6 is 0 Å². The summed E-state index contributed by atoms with van der Waals surface area (Å²) >= 11 is 0. The first-order valence-electron chi connectivity index (χ1n) is 8.65. The Morgan fingerprint density at radius 2 is 1.85 bits per heavy atom. The molecule has 0 atom stereocenters. The molecule has 0 saturated carbocycles. The average molecular weight is 379 g/mol. The normalized spacial score (nSPS) is 14.3. The van der Waals surface area contributed by atoms with Crippen molar-refractivity contribution in [2.24, 2.45) is 0 Å². The predicted molar refractivity (Wildman–Crippen MR) is 96.1 cm³/mol. The maximum absolute atomic E-state index is 12.3. The maximum atomic E-state index is 12.3. The minimum absolute atomic E-state index is 0.123. The van der Waals surface area contributed by atoms with E-state index >= 15 is 0 Å². The lowest BCUT2D eigenvalue weighted by molar-refractivity contribution is -0.153. The Morgan fingerprint density at radius 1 is 1.19 bits per heavy atom. The fraction of sp³-hybridized carbons (Fsp3) is 0.368.